The monoisotopic (exact) mass is 416 g/mol. The second kappa shape index (κ2) is 8.97. The Labute approximate surface area is 180 Å². The van der Waals surface area contributed by atoms with E-state index in [4.69, 9.17) is 21.7 Å². The average molecular weight is 417 g/mol. The van der Waals surface area contributed by atoms with Gasteiger partial charge in [-0.15, -0.1) is 0 Å². The van der Waals surface area contributed by atoms with Crippen LogP contribution in [0, 0.1) is 0 Å². The molecule has 4 aromatic rings. The van der Waals surface area contributed by atoms with Gasteiger partial charge >= 0.3 is 5.97 Å². The van der Waals surface area contributed by atoms with Crippen molar-refractivity contribution in [3.05, 3.63) is 106 Å². The Morgan fingerprint density at radius 2 is 1.70 bits per heavy atom. The van der Waals surface area contributed by atoms with Crippen molar-refractivity contribution in [2.75, 3.05) is 5.32 Å². The van der Waals surface area contributed by atoms with E-state index in [-0.39, 0.29) is 0 Å². The summed E-state index contributed by atoms with van der Waals surface area (Å²) >= 11 is 6.08. The van der Waals surface area contributed by atoms with Crippen LogP contribution >= 0.6 is 11.6 Å². The van der Waals surface area contributed by atoms with Gasteiger partial charge in [0.1, 0.15) is 0 Å². The van der Waals surface area contributed by atoms with Gasteiger partial charge in [-0.05, 0) is 66.4 Å². The lowest BCUT2D eigenvalue weighted by Crippen LogP contribution is -2.02. The lowest BCUT2D eigenvalue weighted by Gasteiger charge is -2.09. The van der Waals surface area contributed by atoms with Crippen molar-refractivity contribution in [3.63, 3.8) is 0 Å². The smallest absolute Gasteiger partial charge is 0.335 e. The number of anilines is 1. The van der Waals surface area contributed by atoms with Crippen molar-refractivity contribution < 1.29 is 9.90 Å². The van der Waals surface area contributed by atoms with Crippen LogP contribution in [0.5, 0.6) is 0 Å². The molecule has 0 atom stereocenters. The molecule has 3 aromatic carbocycles. The molecule has 1 heterocycles. The highest BCUT2D eigenvalue weighted by Gasteiger charge is 2.04. The van der Waals surface area contributed by atoms with Gasteiger partial charge in [-0.3, -0.25) is 4.98 Å². The van der Waals surface area contributed by atoms with Crippen LogP contribution in [0.4, 0.5) is 5.69 Å². The first kappa shape index (κ1) is 19.9. The molecule has 4 nitrogen and oxygen atoms in total. The quantitative estimate of drug-likeness (QED) is 0.388. The van der Waals surface area contributed by atoms with Crippen LogP contribution < -0.4 is 5.32 Å². The van der Waals surface area contributed by atoms with Crippen LogP contribution in [0.2, 0.25) is 5.02 Å². The molecular formula is C25H21ClN2O2. The van der Waals surface area contributed by atoms with Gasteiger partial charge in [-0.1, -0.05) is 48.0 Å². The summed E-state index contributed by atoms with van der Waals surface area (Å²) in [5.41, 5.74) is 5.56. The number of aromatic nitrogens is 1. The Morgan fingerprint density at radius 1 is 0.900 bits per heavy atom. The molecule has 0 saturated heterocycles. The number of nitrogens with zero attached hydrogens (tertiary/aromatic N) is 1. The second-order valence-electron chi connectivity index (χ2n) is 7.20. The molecule has 4 rings (SSSR count). The third-order valence-corrected chi connectivity index (χ3v) is 5.24. The third-order valence-electron chi connectivity index (χ3n) is 5.01. The number of hydrogen-bond donors (Lipinski definition) is 2. The zero-order valence-corrected chi connectivity index (χ0v) is 17.1. The van der Waals surface area contributed by atoms with Crippen LogP contribution in [0.3, 0.4) is 0 Å². The fourth-order valence-electron chi connectivity index (χ4n) is 3.35. The summed E-state index contributed by atoms with van der Waals surface area (Å²) in [5.74, 6) is -0.911. The number of nitrogens with one attached hydrogen (secondary N) is 1. The highest BCUT2D eigenvalue weighted by atomic mass is 35.5. The number of aryl methyl sites for hydroxylation is 2. The van der Waals surface area contributed by atoms with E-state index in [2.05, 4.69) is 29.6 Å². The molecule has 1 aromatic heterocycles. The second-order valence-corrected chi connectivity index (χ2v) is 7.63. The van der Waals surface area contributed by atoms with Crippen LogP contribution in [0.15, 0.2) is 78.9 Å². The van der Waals surface area contributed by atoms with E-state index in [1.807, 2.05) is 42.5 Å². The summed E-state index contributed by atoms with van der Waals surface area (Å²) in [6.45, 7) is 0.635. The molecule has 0 radical (unpaired) electrons. The molecule has 0 aliphatic rings. The minimum absolute atomic E-state index is 0.297. The van der Waals surface area contributed by atoms with Gasteiger partial charge in [0, 0.05) is 28.3 Å². The first-order chi connectivity index (χ1) is 14.6. The first-order valence-corrected chi connectivity index (χ1v) is 10.1. The summed E-state index contributed by atoms with van der Waals surface area (Å²) in [4.78, 5) is 15.7. The van der Waals surface area contributed by atoms with Crippen molar-refractivity contribution in [1.29, 1.82) is 0 Å². The SMILES string of the molecule is O=C(O)c1ccc(CNc2cccc(CCc3ccc4ccc(Cl)cc4n3)c2)cc1. The topological polar surface area (TPSA) is 62.2 Å². The Balaban J connectivity index is 1.38. The standard InChI is InChI=1S/C25H21ClN2O2/c26-21-11-9-19-10-13-22(28-24(19)15-21)12-6-17-2-1-3-23(14-17)27-16-18-4-7-20(8-5-18)25(29)30/h1-5,7-11,13-15,27H,6,12,16H2,(H,29,30). The molecule has 30 heavy (non-hydrogen) atoms. The number of carboxylic acids is 1. The van der Waals surface area contributed by atoms with E-state index in [1.165, 1.54) is 5.56 Å². The van der Waals surface area contributed by atoms with Crippen LogP contribution in [-0.2, 0) is 19.4 Å². The maximum atomic E-state index is 10.9. The zero-order valence-electron chi connectivity index (χ0n) is 16.3. The molecule has 0 spiro atoms. The molecule has 0 aliphatic heterocycles. The van der Waals surface area contributed by atoms with Crippen LogP contribution in [0.25, 0.3) is 10.9 Å². The zero-order chi connectivity index (χ0) is 20.9. The molecule has 5 heteroatoms. The first-order valence-electron chi connectivity index (χ1n) is 9.77. The highest BCUT2D eigenvalue weighted by Crippen LogP contribution is 2.19. The molecule has 0 amide bonds. The largest absolute Gasteiger partial charge is 0.478 e. The van der Waals surface area contributed by atoms with Gasteiger partial charge in [0.2, 0.25) is 0 Å². The lowest BCUT2D eigenvalue weighted by molar-refractivity contribution is 0.0697. The van der Waals surface area contributed by atoms with Crippen molar-refractivity contribution in [3.8, 4) is 0 Å². The maximum absolute atomic E-state index is 10.9. The number of rotatable bonds is 7. The molecule has 0 aliphatic carbocycles. The van der Waals surface area contributed by atoms with Crippen molar-refractivity contribution in [1.82, 2.24) is 4.98 Å². The van der Waals surface area contributed by atoms with Crippen LogP contribution in [0.1, 0.15) is 27.2 Å². The lowest BCUT2D eigenvalue weighted by atomic mass is 10.1. The number of benzene rings is 3. The van der Waals surface area contributed by atoms with Gasteiger partial charge in [-0.25, -0.2) is 4.79 Å². The van der Waals surface area contributed by atoms with E-state index in [1.54, 1.807) is 12.1 Å². The average Bonchev–Trinajstić information content (AvgIpc) is 2.76. The van der Waals surface area contributed by atoms with E-state index < -0.39 is 5.97 Å². The summed E-state index contributed by atoms with van der Waals surface area (Å²) in [6, 6.07) is 25.2. The van der Waals surface area contributed by atoms with Gasteiger partial charge in [0.15, 0.2) is 0 Å². The number of fused-ring (bicyclic) bond motifs is 1. The van der Waals surface area contributed by atoms with Crippen molar-refractivity contribution in [2.45, 2.75) is 19.4 Å². The highest BCUT2D eigenvalue weighted by molar-refractivity contribution is 6.31. The fraction of sp³-hybridized carbons (Fsp3) is 0.120. The van der Waals surface area contributed by atoms with Crippen LogP contribution in [-0.4, -0.2) is 16.1 Å². The molecular weight excluding hydrogens is 396 g/mol. The third kappa shape index (κ3) is 4.97. The number of aromatic carboxylic acids is 1. The molecule has 0 bridgehead atoms. The van der Waals surface area contributed by atoms with Gasteiger partial charge < -0.3 is 10.4 Å². The van der Waals surface area contributed by atoms with E-state index in [0.29, 0.717) is 17.1 Å². The maximum Gasteiger partial charge on any atom is 0.335 e. The predicted molar refractivity (Wildman–Crippen MR) is 121 cm³/mol. The van der Waals surface area contributed by atoms with E-state index in [0.717, 1.165) is 40.7 Å². The number of pyridine rings is 1. The predicted octanol–water partition coefficient (Wildman–Crippen LogP) is 5.98. The fourth-order valence-corrected chi connectivity index (χ4v) is 3.52. The Bertz CT molecular complexity index is 1190. The van der Waals surface area contributed by atoms with E-state index >= 15 is 0 Å². The van der Waals surface area contributed by atoms with Gasteiger partial charge in [0.05, 0.1) is 11.1 Å². The summed E-state index contributed by atoms with van der Waals surface area (Å²) in [7, 11) is 0. The molecule has 0 unspecified atom stereocenters. The van der Waals surface area contributed by atoms with E-state index in [9.17, 15) is 4.79 Å². The molecule has 2 N–H and O–H groups in total. The number of halogens is 1. The summed E-state index contributed by atoms with van der Waals surface area (Å²) in [5, 5.41) is 14.2. The Hall–Kier alpha value is -3.37. The number of carbonyl (C=O) groups is 1. The summed E-state index contributed by atoms with van der Waals surface area (Å²) in [6.07, 6.45) is 1.74. The normalized spacial score (nSPS) is 10.8. The van der Waals surface area contributed by atoms with Gasteiger partial charge in [0.25, 0.3) is 0 Å². The molecule has 0 fully saturated rings. The minimum Gasteiger partial charge on any atom is -0.478 e. The van der Waals surface area contributed by atoms with Crippen molar-refractivity contribution >= 4 is 34.2 Å². The minimum atomic E-state index is -0.911. The number of carboxylic acid groups (broad SMARTS) is 1. The Morgan fingerprint density at radius 3 is 2.50 bits per heavy atom. The summed E-state index contributed by atoms with van der Waals surface area (Å²) < 4.78 is 0. The molecule has 0 saturated carbocycles. The molecule has 150 valence electrons. The number of hydrogen-bond acceptors (Lipinski definition) is 3. The van der Waals surface area contributed by atoms with Crippen molar-refractivity contribution in [2.24, 2.45) is 0 Å². The van der Waals surface area contributed by atoms with Gasteiger partial charge in [-0.2, -0.15) is 0 Å². The Kier molecular flexibility index (Phi) is 5.96.